The van der Waals surface area contributed by atoms with Crippen molar-refractivity contribution >= 4 is 17.2 Å². The molecule has 1 aromatic carbocycles. The van der Waals surface area contributed by atoms with Crippen LogP contribution in [0.4, 0.5) is 0 Å². The molecule has 0 aromatic heterocycles. The van der Waals surface area contributed by atoms with Crippen molar-refractivity contribution in [2.75, 3.05) is 6.61 Å². The quantitative estimate of drug-likeness (QED) is 0.814. The first-order valence-corrected chi connectivity index (χ1v) is 6.52. The molecule has 0 spiro atoms. The molecule has 1 aliphatic rings. The molecular formula is C14H19NOS. The van der Waals surface area contributed by atoms with Crippen molar-refractivity contribution in [3.05, 3.63) is 28.8 Å². The Morgan fingerprint density at radius 1 is 1.35 bits per heavy atom. The highest BCUT2D eigenvalue weighted by Gasteiger charge is 2.21. The first-order valence-electron chi connectivity index (χ1n) is 6.12. The zero-order chi connectivity index (χ0) is 12.4. The number of rotatable bonds is 5. The molecule has 1 fully saturated rings. The van der Waals surface area contributed by atoms with Crippen molar-refractivity contribution in [1.29, 1.82) is 0 Å². The van der Waals surface area contributed by atoms with E-state index in [0.29, 0.717) is 4.99 Å². The lowest BCUT2D eigenvalue weighted by atomic mass is 10.1. The van der Waals surface area contributed by atoms with E-state index in [4.69, 9.17) is 22.7 Å². The summed E-state index contributed by atoms with van der Waals surface area (Å²) in [5, 5.41) is 0. The molecule has 0 radical (unpaired) electrons. The smallest absolute Gasteiger partial charge is 0.125 e. The standard InChI is InChI=1S/C14H19NOS/c1-9-7-12(14(15)17)8-10(2)13(9)16-6-5-11-3-4-11/h7-8,11H,3-6H2,1-2H3,(H2,15,17). The predicted octanol–water partition coefficient (Wildman–Crippen LogP) is 3.12. The third-order valence-electron chi connectivity index (χ3n) is 3.21. The second-order valence-corrected chi connectivity index (χ2v) is 5.32. The molecule has 92 valence electrons. The number of hydrogen-bond donors (Lipinski definition) is 1. The molecule has 2 nitrogen and oxygen atoms in total. The molecule has 2 N–H and O–H groups in total. The van der Waals surface area contributed by atoms with E-state index in [2.05, 4.69) is 0 Å². The topological polar surface area (TPSA) is 35.2 Å². The largest absolute Gasteiger partial charge is 0.493 e. The maximum absolute atomic E-state index is 5.87. The van der Waals surface area contributed by atoms with Crippen LogP contribution in [0, 0.1) is 19.8 Å². The molecular weight excluding hydrogens is 230 g/mol. The van der Waals surface area contributed by atoms with E-state index in [-0.39, 0.29) is 0 Å². The van der Waals surface area contributed by atoms with Gasteiger partial charge in [-0.25, -0.2) is 0 Å². The molecule has 2 rings (SSSR count). The van der Waals surface area contributed by atoms with E-state index in [1.54, 1.807) is 0 Å². The van der Waals surface area contributed by atoms with Crippen LogP contribution in [0.1, 0.15) is 36.0 Å². The summed E-state index contributed by atoms with van der Waals surface area (Å²) in [6, 6.07) is 4.00. The van der Waals surface area contributed by atoms with Gasteiger partial charge in [0.1, 0.15) is 10.7 Å². The van der Waals surface area contributed by atoms with Crippen LogP contribution in [0.3, 0.4) is 0 Å². The Labute approximate surface area is 108 Å². The van der Waals surface area contributed by atoms with Crippen LogP contribution < -0.4 is 10.5 Å². The SMILES string of the molecule is Cc1cc(C(N)=S)cc(C)c1OCCC1CC1. The monoisotopic (exact) mass is 249 g/mol. The zero-order valence-electron chi connectivity index (χ0n) is 10.5. The van der Waals surface area contributed by atoms with E-state index >= 15 is 0 Å². The molecule has 1 saturated carbocycles. The molecule has 0 aliphatic heterocycles. The second-order valence-electron chi connectivity index (χ2n) is 4.88. The third-order valence-corrected chi connectivity index (χ3v) is 3.45. The van der Waals surface area contributed by atoms with E-state index in [9.17, 15) is 0 Å². The average Bonchev–Trinajstić information content (AvgIpc) is 3.05. The molecule has 0 bridgehead atoms. The minimum Gasteiger partial charge on any atom is -0.493 e. The highest BCUT2D eigenvalue weighted by molar-refractivity contribution is 7.80. The van der Waals surface area contributed by atoms with Gasteiger partial charge in [-0.1, -0.05) is 25.1 Å². The summed E-state index contributed by atoms with van der Waals surface area (Å²) in [5.74, 6) is 1.90. The van der Waals surface area contributed by atoms with Gasteiger partial charge in [-0.15, -0.1) is 0 Å². The average molecular weight is 249 g/mol. The number of aryl methyl sites for hydroxylation is 2. The van der Waals surface area contributed by atoms with Gasteiger partial charge in [-0.3, -0.25) is 0 Å². The third kappa shape index (κ3) is 3.19. The van der Waals surface area contributed by atoms with Crippen LogP contribution in [0.2, 0.25) is 0 Å². The highest BCUT2D eigenvalue weighted by atomic mass is 32.1. The molecule has 3 heteroatoms. The Morgan fingerprint density at radius 3 is 2.41 bits per heavy atom. The highest BCUT2D eigenvalue weighted by Crippen LogP contribution is 2.33. The summed E-state index contributed by atoms with van der Waals surface area (Å²) in [5.41, 5.74) is 8.79. The zero-order valence-corrected chi connectivity index (χ0v) is 11.3. The lowest BCUT2D eigenvalue weighted by Crippen LogP contribution is -2.11. The number of benzene rings is 1. The van der Waals surface area contributed by atoms with E-state index in [0.717, 1.165) is 35.0 Å². The molecule has 0 amide bonds. The molecule has 0 atom stereocenters. The van der Waals surface area contributed by atoms with Crippen molar-refractivity contribution in [2.45, 2.75) is 33.1 Å². The summed E-state index contributed by atoms with van der Waals surface area (Å²) in [7, 11) is 0. The number of nitrogens with two attached hydrogens (primary N) is 1. The van der Waals surface area contributed by atoms with E-state index in [1.165, 1.54) is 19.3 Å². The van der Waals surface area contributed by atoms with Crippen LogP contribution in [-0.2, 0) is 0 Å². The lowest BCUT2D eigenvalue weighted by Gasteiger charge is -2.13. The Kier molecular flexibility index (Phi) is 3.67. The van der Waals surface area contributed by atoms with Gasteiger partial charge >= 0.3 is 0 Å². The van der Waals surface area contributed by atoms with Gasteiger partial charge in [-0.05, 0) is 49.4 Å². The fourth-order valence-corrected chi connectivity index (χ4v) is 2.17. The maximum atomic E-state index is 5.87. The van der Waals surface area contributed by atoms with Gasteiger partial charge < -0.3 is 10.5 Å². The summed E-state index contributed by atoms with van der Waals surface area (Å²) in [4.78, 5) is 0.445. The van der Waals surface area contributed by atoms with Gasteiger partial charge in [0.05, 0.1) is 6.61 Å². The van der Waals surface area contributed by atoms with Crippen molar-refractivity contribution in [3.8, 4) is 5.75 Å². The van der Waals surface area contributed by atoms with Crippen molar-refractivity contribution in [1.82, 2.24) is 0 Å². The number of ether oxygens (including phenoxy) is 1. The predicted molar refractivity (Wildman–Crippen MR) is 74.6 cm³/mol. The fourth-order valence-electron chi connectivity index (χ4n) is 2.05. The molecule has 1 aliphatic carbocycles. The Balaban J connectivity index is 2.07. The van der Waals surface area contributed by atoms with Gasteiger partial charge in [0.2, 0.25) is 0 Å². The van der Waals surface area contributed by atoms with Crippen LogP contribution in [-0.4, -0.2) is 11.6 Å². The summed E-state index contributed by atoms with van der Waals surface area (Å²) < 4.78 is 5.87. The minimum absolute atomic E-state index is 0.445. The van der Waals surface area contributed by atoms with Crippen molar-refractivity contribution in [3.63, 3.8) is 0 Å². The van der Waals surface area contributed by atoms with Crippen LogP contribution in [0.15, 0.2) is 12.1 Å². The first kappa shape index (κ1) is 12.4. The van der Waals surface area contributed by atoms with E-state index in [1.807, 2.05) is 26.0 Å². The minimum atomic E-state index is 0.445. The van der Waals surface area contributed by atoms with Gasteiger partial charge in [-0.2, -0.15) is 0 Å². The molecule has 0 saturated heterocycles. The Morgan fingerprint density at radius 2 is 1.94 bits per heavy atom. The summed E-state index contributed by atoms with van der Waals surface area (Å²) >= 11 is 4.99. The van der Waals surface area contributed by atoms with Gasteiger partial charge in [0.15, 0.2) is 0 Å². The van der Waals surface area contributed by atoms with Crippen LogP contribution in [0.5, 0.6) is 5.75 Å². The molecule has 1 aromatic rings. The number of thiocarbonyl (C=S) groups is 1. The normalized spacial score (nSPS) is 14.7. The van der Waals surface area contributed by atoms with Crippen molar-refractivity contribution < 1.29 is 4.74 Å². The fraction of sp³-hybridized carbons (Fsp3) is 0.500. The molecule has 17 heavy (non-hydrogen) atoms. The van der Waals surface area contributed by atoms with Gasteiger partial charge in [0, 0.05) is 5.56 Å². The van der Waals surface area contributed by atoms with E-state index < -0.39 is 0 Å². The summed E-state index contributed by atoms with van der Waals surface area (Å²) in [6.45, 7) is 4.90. The van der Waals surface area contributed by atoms with Crippen LogP contribution in [0.25, 0.3) is 0 Å². The summed E-state index contributed by atoms with van der Waals surface area (Å²) in [6.07, 6.45) is 3.93. The maximum Gasteiger partial charge on any atom is 0.125 e. The van der Waals surface area contributed by atoms with Crippen molar-refractivity contribution in [2.24, 2.45) is 11.7 Å². The second kappa shape index (κ2) is 5.05. The number of hydrogen-bond acceptors (Lipinski definition) is 2. The van der Waals surface area contributed by atoms with Gasteiger partial charge in [0.25, 0.3) is 0 Å². The molecule has 0 unspecified atom stereocenters. The Bertz CT molecular complexity index is 415. The molecule has 0 heterocycles. The lowest BCUT2D eigenvalue weighted by molar-refractivity contribution is 0.298. The van der Waals surface area contributed by atoms with Crippen LogP contribution >= 0.6 is 12.2 Å². The first-order chi connectivity index (χ1) is 8.08. The Hall–Kier alpha value is -1.09.